The first-order valence-corrected chi connectivity index (χ1v) is 7.59. The lowest BCUT2D eigenvalue weighted by Crippen LogP contribution is -2.39. The van der Waals surface area contributed by atoms with Crippen molar-refractivity contribution in [2.45, 2.75) is 39.0 Å². The van der Waals surface area contributed by atoms with Gasteiger partial charge in [0.1, 0.15) is 0 Å². The topological polar surface area (TPSA) is 47.7 Å². The van der Waals surface area contributed by atoms with Gasteiger partial charge < -0.3 is 15.2 Å². The van der Waals surface area contributed by atoms with Crippen LogP contribution in [0, 0.1) is 5.92 Å². The van der Waals surface area contributed by atoms with Crippen LogP contribution < -0.4 is 15.2 Å². The maximum absolute atomic E-state index is 12.4. The van der Waals surface area contributed by atoms with Gasteiger partial charge in [0.2, 0.25) is 0 Å². The molecule has 1 atom stereocenters. The van der Waals surface area contributed by atoms with Gasteiger partial charge in [-0.25, -0.2) is 0 Å². The van der Waals surface area contributed by atoms with Crippen LogP contribution in [0.4, 0.5) is 8.78 Å². The third-order valence-electron chi connectivity index (χ3n) is 4.23. The molecule has 2 N–H and O–H groups in total. The zero-order valence-electron chi connectivity index (χ0n) is 13.1. The van der Waals surface area contributed by atoms with Gasteiger partial charge in [-0.3, -0.25) is 4.90 Å². The Morgan fingerprint density at radius 3 is 2.50 bits per heavy atom. The fourth-order valence-electron chi connectivity index (χ4n) is 2.90. The molecule has 1 aromatic rings. The molecule has 0 radical (unpaired) electrons. The maximum Gasteiger partial charge on any atom is 0.387 e. The number of halogens is 2. The van der Waals surface area contributed by atoms with Gasteiger partial charge in [0.05, 0.1) is 7.11 Å². The molecule has 1 heterocycles. The lowest BCUT2D eigenvalue weighted by molar-refractivity contribution is -0.0512. The Bertz CT molecular complexity index is 475. The summed E-state index contributed by atoms with van der Waals surface area (Å²) in [5.74, 6) is 0.977. The molecule has 22 heavy (non-hydrogen) atoms. The molecule has 1 aliphatic rings. The number of likely N-dealkylation sites (tertiary alicyclic amines) is 1. The van der Waals surface area contributed by atoms with Crippen LogP contribution >= 0.6 is 0 Å². The van der Waals surface area contributed by atoms with E-state index >= 15 is 0 Å². The smallest absolute Gasteiger partial charge is 0.387 e. The Morgan fingerprint density at radius 1 is 1.27 bits per heavy atom. The summed E-state index contributed by atoms with van der Waals surface area (Å²) < 4.78 is 34.5. The fourth-order valence-corrected chi connectivity index (χ4v) is 2.90. The second-order valence-electron chi connectivity index (χ2n) is 5.84. The van der Waals surface area contributed by atoms with E-state index in [1.54, 1.807) is 12.1 Å². The number of ether oxygens (including phenoxy) is 2. The van der Waals surface area contributed by atoms with Crippen molar-refractivity contribution in [2.75, 3.05) is 20.2 Å². The Balaban J connectivity index is 1.98. The zero-order valence-corrected chi connectivity index (χ0v) is 13.1. The second kappa shape index (κ2) is 7.74. The van der Waals surface area contributed by atoms with E-state index in [-0.39, 0.29) is 11.8 Å². The van der Waals surface area contributed by atoms with Crippen LogP contribution in [-0.2, 0) is 6.54 Å². The lowest BCUT2D eigenvalue weighted by atomic mass is 9.91. The second-order valence-corrected chi connectivity index (χ2v) is 5.84. The van der Waals surface area contributed by atoms with E-state index in [1.807, 2.05) is 6.07 Å². The van der Waals surface area contributed by atoms with Gasteiger partial charge in [0.15, 0.2) is 11.5 Å². The molecule has 6 heteroatoms. The number of hydrogen-bond donors (Lipinski definition) is 1. The van der Waals surface area contributed by atoms with Gasteiger partial charge in [-0.15, -0.1) is 0 Å². The largest absolute Gasteiger partial charge is 0.493 e. The molecule has 1 aliphatic heterocycles. The van der Waals surface area contributed by atoms with Crippen LogP contribution in [0.5, 0.6) is 11.5 Å². The fraction of sp³-hybridized carbons (Fsp3) is 0.625. The molecule has 0 aromatic heterocycles. The highest BCUT2D eigenvalue weighted by Crippen LogP contribution is 2.30. The summed E-state index contributed by atoms with van der Waals surface area (Å²) in [5.41, 5.74) is 6.88. The first kappa shape index (κ1) is 17.0. The van der Waals surface area contributed by atoms with Crippen LogP contribution in [0.3, 0.4) is 0 Å². The molecule has 1 saturated heterocycles. The Kier molecular flexibility index (Phi) is 5.97. The Morgan fingerprint density at radius 2 is 1.95 bits per heavy atom. The number of nitrogens with two attached hydrogens (primary N) is 1. The molecule has 0 spiro atoms. The highest BCUT2D eigenvalue weighted by atomic mass is 19.3. The van der Waals surface area contributed by atoms with Gasteiger partial charge in [0, 0.05) is 12.6 Å². The Hall–Kier alpha value is -1.40. The third-order valence-corrected chi connectivity index (χ3v) is 4.23. The summed E-state index contributed by atoms with van der Waals surface area (Å²) in [5, 5.41) is 0. The molecule has 0 bridgehead atoms. The van der Waals surface area contributed by atoms with Crippen molar-refractivity contribution in [3.63, 3.8) is 0 Å². The quantitative estimate of drug-likeness (QED) is 0.877. The van der Waals surface area contributed by atoms with Crippen LogP contribution in [0.1, 0.15) is 25.3 Å². The predicted octanol–water partition coefficient (Wildman–Crippen LogP) is 2.86. The van der Waals surface area contributed by atoms with Crippen molar-refractivity contribution in [1.29, 1.82) is 0 Å². The number of methoxy groups -OCH3 is 1. The SMILES string of the molecule is COc1ccc(CN2CCC(C(C)N)CC2)cc1OC(F)F. The molecule has 4 nitrogen and oxygen atoms in total. The van der Waals surface area contributed by atoms with Gasteiger partial charge in [0.25, 0.3) is 0 Å². The number of benzene rings is 1. The van der Waals surface area contributed by atoms with Crippen LogP contribution in [0.25, 0.3) is 0 Å². The van der Waals surface area contributed by atoms with Gasteiger partial charge in [-0.05, 0) is 56.5 Å². The van der Waals surface area contributed by atoms with Crippen LogP contribution in [0.15, 0.2) is 18.2 Å². The molecule has 1 unspecified atom stereocenters. The predicted molar refractivity (Wildman–Crippen MR) is 81.3 cm³/mol. The van der Waals surface area contributed by atoms with Crippen molar-refractivity contribution in [3.8, 4) is 11.5 Å². The molecular formula is C16H24F2N2O2. The third kappa shape index (κ3) is 4.55. The monoisotopic (exact) mass is 314 g/mol. The van der Waals surface area contributed by atoms with Crippen molar-refractivity contribution in [2.24, 2.45) is 11.7 Å². The minimum atomic E-state index is -2.86. The van der Waals surface area contributed by atoms with E-state index in [2.05, 4.69) is 16.6 Å². The van der Waals surface area contributed by atoms with E-state index < -0.39 is 6.61 Å². The molecule has 0 aliphatic carbocycles. The van der Waals surface area contributed by atoms with E-state index in [1.165, 1.54) is 7.11 Å². The Labute approximate surface area is 130 Å². The summed E-state index contributed by atoms with van der Waals surface area (Å²) >= 11 is 0. The van der Waals surface area contributed by atoms with E-state index in [0.29, 0.717) is 11.7 Å². The van der Waals surface area contributed by atoms with Crippen LogP contribution in [0.2, 0.25) is 0 Å². The first-order valence-electron chi connectivity index (χ1n) is 7.59. The molecule has 1 aromatic carbocycles. The van der Waals surface area contributed by atoms with Crippen molar-refractivity contribution < 1.29 is 18.3 Å². The zero-order chi connectivity index (χ0) is 16.1. The summed E-state index contributed by atoms with van der Waals surface area (Å²) in [6.45, 7) is 1.87. The number of rotatable bonds is 6. The summed E-state index contributed by atoms with van der Waals surface area (Å²) in [4.78, 5) is 2.31. The average molecular weight is 314 g/mol. The number of piperidine rings is 1. The summed E-state index contributed by atoms with van der Waals surface area (Å²) in [6.07, 6.45) is 2.16. The van der Waals surface area contributed by atoms with Crippen molar-refractivity contribution >= 4 is 0 Å². The molecular weight excluding hydrogens is 290 g/mol. The highest BCUT2D eigenvalue weighted by Gasteiger charge is 2.22. The van der Waals surface area contributed by atoms with E-state index in [0.717, 1.165) is 38.0 Å². The van der Waals surface area contributed by atoms with E-state index in [4.69, 9.17) is 10.5 Å². The minimum absolute atomic E-state index is 0.0838. The van der Waals surface area contributed by atoms with Gasteiger partial charge >= 0.3 is 6.61 Å². The molecule has 2 rings (SSSR count). The number of nitrogens with zero attached hydrogens (tertiary/aromatic N) is 1. The van der Waals surface area contributed by atoms with Gasteiger partial charge in [-0.1, -0.05) is 6.07 Å². The van der Waals surface area contributed by atoms with Crippen LogP contribution in [-0.4, -0.2) is 37.8 Å². The minimum Gasteiger partial charge on any atom is -0.493 e. The normalized spacial score (nSPS) is 18.5. The number of hydrogen-bond acceptors (Lipinski definition) is 4. The van der Waals surface area contributed by atoms with Crippen molar-refractivity contribution in [1.82, 2.24) is 4.90 Å². The summed E-state index contributed by atoms with van der Waals surface area (Å²) in [6, 6.07) is 5.41. The molecule has 0 saturated carbocycles. The first-order chi connectivity index (χ1) is 10.5. The highest BCUT2D eigenvalue weighted by molar-refractivity contribution is 5.43. The van der Waals surface area contributed by atoms with E-state index in [9.17, 15) is 8.78 Å². The standard InChI is InChI=1S/C16H24F2N2O2/c1-11(19)13-5-7-20(8-6-13)10-12-3-4-14(21-2)15(9-12)22-16(17)18/h3-4,9,11,13,16H,5-8,10,19H2,1-2H3. The van der Waals surface area contributed by atoms with Crippen molar-refractivity contribution in [3.05, 3.63) is 23.8 Å². The van der Waals surface area contributed by atoms with Gasteiger partial charge in [-0.2, -0.15) is 8.78 Å². The maximum atomic E-state index is 12.4. The lowest BCUT2D eigenvalue weighted by Gasteiger charge is -2.33. The number of alkyl halides is 2. The average Bonchev–Trinajstić information content (AvgIpc) is 2.47. The molecule has 1 fully saturated rings. The molecule has 0 amide bonds. The summed E-state index contributed by atoms with van der Waals surface area (Å²) in [7, 11) is 1.44. The molecule has 124 valence electrons.